The Bertz CT molecular complexity index is 336. The van der Waals surface area contributed by atoms with Crippen molar-refractivity contribution in [2.24, 2.45) is 5.92 Å². The zero-order valence-corrected chi connectivity index (χ0v) is 9.09. The Hall–Kier alpha value is -1.38. The second-order valence-corrected chi connectivity index (χ2v) is 3.97. The number of rotatable bonds is 4. The fourth-order valence-corrected chi connectivity index (χ4v) is 1.20. The third-order valence-corrected chi connectivity index (χ3v) is 2.02. The first-order valence-electron chi connectivity index (χ1n) is 5.09. The molecule has 1 N–H and O–H groups in total. The van der Waals surface area contributed by atoms with Crippen LogP contribution in [0.1, 0.15) is 19.4 Å². The molecule has 2 nitrogen and oxygen atoms in total. The molecule has 1 rings (SSSR count). The molecule has 0 saturated heterocycles. The van der Waals surface area contributed by atoms with Gasteiger partial charge in [0.05, 0.1) is 6.42 Å². The van der Waals surface area contributed by atoms with Gasteiger partial charge in [-0.15, -0.1) is 0 Å². The van der Waals surface area contributed by atoms with E-state index in [4.69, 9.17) is 0 Å². The highest BCUT2D eigenvalue weighted by Crippen LogP contribution is 2.06. The van der Waals surface area contributed by atoms with Crippen molar-refractivity contribution in [3.05, 3.63) is 35.6 Å². The molecule has 0 heterocycles. The predicted molar refractivity (Wildman–Crippen MR) is 58.0 cm³/mol. The van der Waals surface area contributed by atoms with E-state index >= 15 is 0 Å². The van der Waals surface area contributed by atoms with E-state index in [0.29, 0.717) is 18.0 Å². The Balaban J connectivity index is 2.48. The van der Waals surface area contributed by atoms with Gasteiger partial charge >= 0.3 is 0 Å². The van der Waals surface area contributed by atoms with Gasteiger partial charge in [0.2, 0.25) is 5.91 Å². The molecule has 0 bridgehead atoms. The monoisotopic (exact) mass is 209 g/mol. The zero-order valence-electron chi connectivity index (χ0n) is 9.09. The van der Waals surface area contributed by atoms with Gasteiger partial charge in [-0.3, -0.25) is 4.79 Å². The average molecular weight is 209 g/mol. The Morgan fingerprint density at radius 3 is 2.67 bits per heavy atom. The van der Waals surface area contributed by atoms with Gasteiger partial charge in [0.25, 0.3) is 0 Å². The van der Waals surface area contributed by atoms with Crippen LogP contribution in [0.4, 0.5) is 4.39 Å². The van der Waals surface area contributed by atoms with Gasteiger partial charge in [-0.05, 0) is 17.5 Å². The fourth-order valence-electron chi connectivity index (χ4n) is 1.20. The largest absolute Gasteiger partial charge is 0.356 e. The summed E-state index contributed by atoms with van der Waals surface area (Å²) in [6.07, 6.45) is 0.111. The molecule has 0 atom stereocenters. The van der Waals surface area contributed by atoms with Crippen LogP contribution in [0, 0.1) is 11.7 Å². The van der Waals surface area contributed by atoms with Crippen molar-refractivity contribution < 1.29 is 9.18 Å². The van der Waals surface area contributed by atoms with Crippen molar-refractivity contribution in [3.63, 3.8) is 0 Å². The molecule has 0 spiro atoms. The molecule has 0 aliphatic rings. The second-order valence-electron chi connectivity index (χ2n) is 3.97. The first-order valence-corrected chi connectivity index (χ1v) is 5.09. The summed E-state index contributed by atoms with van der Waals surface area (Å²) in [5, 5.41) is 2.75. The molecule has 0 saturated carbocycles. The molecule has 3 heteroatoms. The van der Waals surface area contributed by atoms with Gasteiger partial charge in [-0.25, -0.2) is 4.39 Å². The third kappa shape index (κ3) is 4.11. The van der Waals surface area contributed by atoms with E-state index in [9.17, 15) is 9.18 Å². The number of carbonyl (C=O) groups excluding carboxylic acids is 1. The Kier molecular flexibility index (Phi) is 4.28. The van der Waals surface area contributed by atoms with Crippen LogP contribution in [-0.2, 0) is 11.2 Å². The summed E-state index contributed by atoms with van der Waals surface area (Å²) in [5.74, 6) is -0.0411. The number of halogens is 1. The molecule has 1 aromatic carbocycles. The lowest BCUT2D eigenvalue weighted by Gasteiger charge is -2.07. The van der Waals surface area contributed by atoms with Crippen LogP contribution in [-0.4, -0.2) is 12.5 Å². The first kappa shape index (κ1) is 11.7. The first-order chi connectivity index (χ1) is 7.09. The molecule has 1 amide bonds. The van der Waals surface area contributed by atoms with E-state index < -0.39 is 0 Å². The molecule has 0 aromatic heterocycles. The number of benzene rings is 1. The van der Waals surface area contributed by atoms with Crippen molar-refractivity contribution in [2.75, 3.05) is 6.54 Å². The van der Waals surface area contributed by atoms with Gasteiger partial charge in [-0.1, -0.05) is 32.0 Å². The molecule has 15 heavy (non-hydrogen) atoms. The van der Waals surface area contributed by atoms with Crippen molar-refractivity contribution >= 4 is 5.91 Å². The van der Waals surface area contributed by atoms with E-state index in [1.54, 1.807) is 18.2 Å². The van der Waals surface area contributed by atoms with Crippen LogP contribution in [0.2, 0.25) is 0 Å². The summed E-state index contributed by atoms with van der Waals surface area (Å²) in [4.78, 5) is 11.4. The molecule has 0 fully saturated rings. The van der Waals surface area contributed by atoms with Crippen molar-refractivity contribution in [1.82, 2.24) is 5.32 Å². The molecule has 0 radical (unpaired) electrons. The van der Waals surface area contributed by atoms with Gasteiger partial charge < -0.3 is 5.32 Å². The SMILES string of the molecule is CC(C)CNC(=O)Cc1ccccc1F. The Labute approximate surface area is 89.5 Å². The lowest BCUT2D eigenvalue weighted by Crippen LogP contribution is -2.28. The highest BCUT2D eigenvalue weighted by Gasteiger charge is 2.07. The van der Waals surface area contributed by atoms with Crippen LogP contribution in [0.15, 0.2) is 24.3 Å². The molecule has 0 aliphatic carbocycles. The summed E-state index contributed by atoms with van der Waals surface area (Å²) in [6, 6.07) is 6.34. The minimum absolute atomic E-state index is 0.111. The van der Waals surface area contributed by atoms with E-state index in [1.165, 1.54) is 6.07 Å². The molecule has 0 aliphatic heterocycles. The van der Waals surface area contributed by atoms with E-state index in [0.717, 1.165) is 0 Å². The van der Waals surface area contributed by atoms with E-state index in [1.807, 2.05) is 13.8 Å². The highest BCUT2D eigenvalue weighted by molar-refractivity contribution is 5.78. The van der Waals surface area contributed by atoms with Crippen molar-refractivity contribution in [1.29, 1.82) is 0 Å². The van der Waals surface area contributed by atoms with Gasteiger partial charge in [-0.2, -0.15) is 0 Å². The van der Waals surface area contributed by atoms with Crippen molar-refractivity contribution in [3.8, 4) is 0 Å². The third-order valence-electron chi connectivity index (χ3n) is 2.02. The molecule has 1 aromatic rings. The van der Waals surface area contributed by atoms with Crippen LogP contribution in [0.3, 0.4) is 0 Å². The van der Waals surface area contributed by atoms with Crippen LogP contribution >= 0.6 is 0 Å². The summed E-state index contributed by atoms with van der Waals surface area (Å²) >= 11 is 0. The lowest BCUT2D eigenvalue weighted by molar-refractivity contribution is -0.120. The summed E-state index contributed by atoms with van der Waals surface area (Å²) < 4.78 is 13.2. The number of carbonyl (C=O) groups is 1. The van der Waals surface area contributed by atoms with Gasteiger partial charge in [0.1, 0.15) is 5.82 Å². The zero-order chi connectivity index (χ0) is 11.3. The normalized spacial score (nSPS) is 10.4. The number of hydrogen-bond acceptors (Lipinski definition) is 1. The second kappa shape index (κ2) is 5.49. The minimum Gasteiger partial charge on any atom is -0.356 e. The summed E-state index contributed by atoms with van der Waals surface area (Å²) in [5.41, 5.74) is 0.443. The van der Waals surface area contributed by atoms with E-state index in [-0.39, 0.29) is 18.1 Å². The number of hydrogen-bond donors (Lipinski definition) is 1. The maximum atomic E-state index is 13.2. The number of nitrogens with one attached hydrogen (secondary N) is 1. The minimum atomic E-state index is -0.322. The molecule has 82 valence electrons. The predicted octanol–water partition coefficient (Wildman–Crippen LogP) is 2.14. The fraction of sp³-hybridized carbons (Fsp3) is 0.417. The van der Waals surface area contributed by atoms with E-state index in [2.05, 4.69) is 5.32 Å². The topological polar surface area (TPSA) is 29.1 Å². The van der Waals surface area contributed by atoms with Gasteiger partial charge in [0, 0.05) is 6.54 Å². The van der Waals surface area contributed by atoms with Crippen LogP contribution in [0.5, 0.6) is 0 Å². The van der Waals surface area contributed by atoms with Crippen molar-refractivity contribution in [2.45, 2.75) is 20.3 Å². The molecule has 0 unspecified atom stereocenters. The average Bonchev–Trinajstić information content (AvgIpc) is 2.18. The lowest BCUT2D eigenvalue weighted by atomic mass is 10.1. The number of amides is 1. The summed E-state index contributed by atoms with van der Waals surface area (Å²) in [6.45, 7) is 4.67. The molecular weight excluding hydrogens is 193 g/mol. The molecular formula is C12H16FNO. The van der Waals surface area contributed by atoms with Gasteiger partial charge in [0.15, 0.2) is 0 Å². The maximum Gasteiger partial charge on any atom is 0.224 e. The summed E-state index contributed by atoms with van der Waals surface area (Å²) in [7, 11) is 0. The maximum absolute atomic E-state index is 13.2. The standard InChI is InChI=1S/C12H16FNO/c1-9(2)8-14-12(15)7-10-5-3-4-6-11(10)13/h3-6,9H,7-8H2,1-2H3,(H,14,15). The van der Waals surface area contributed by atoms with Crippen LogP contribution in [0.25, 0.3) is 0 Å². The smallest absolute Gasteiger partial charge is 0.224 e. The quantitative estimate of drug-likeness (QED) is 0.808. The Morgan fingerprint density at radius 2 is 2.07 bits per heavy atom. The van der Waals surface area contributed by atoms with Crippen LogP contribution < -0.4 is 5.32 Å². The highest BCUT2D eigenvalue weighted by atomic mass is 19.1. The Morgan fingerprint density at radius 1 is 1.40 bits per heavy atom.